The van der Waals surface area contributed by atoms with Crippen molar-refractivity contribution >= 4 is 0 Å². The molecule has 0 saturated heterocycles. The molecule has 3 rings (SSSR count). The van der Waals surface area contributed by atoms with E-state index in [1.54, 1.807) is 5.57 Å². The molecular formula is C10H16. The second-order valence-corrected chi connectivity index (χ2v) is 4.07. The molecule has 0 nitrogen and oxygen atoms in total. The van der Waals surface area contributed by atoms with E-state index in [0.717, 1.165) is 17.8 Å². The standard InChI is InChI=1S/C10H16/c1-7-5-9-3-4-10(7)8(2)6-9/h5,8-10H,3-4,6H2,1-2H3. The van der Waals surface area contributed by atoms with Gasteiger partial charge >= 0.3 is 0 Å². The summed E-state index contributed by atoms with van der Waals surface area (Å²) in [5.74, 6) is 2.87. The summed E-state index contributed by atoms with van der Waals surface area (Å²) >= 11 is 0. The van der Waals surface area contributed by atoms with Crippen LogP contribution in [0.1, 0.15) is 33.1 Å². The Hall–Kier alpha value is -0.260. The van der Waals surface area contributed by atoms with Gasteiger partial charge in [-0.25, -0.2) is 0 Å². The fraction of sp³-hybridized carbons (Fsp3) is 0.800. The lowest BCUT2D eigenvalue weighted by atomic mass is 9.66. The summed E-state index contributed by atoms with van der Waals surface area (Å²) in [5, 5.41) is 0. The fourth-order valence-corrected chi connectivity index (χ4v) is 2.76. The van der Waals surface area contributed by atoms with Crippen LogP contribution in [0.2, 0.25) is 0 Å². The molecular weight excluding hydrogens is 120 g/mol. The molecule has 10 heavy (non-hydrogen) atoms. The molecule has 0 aromatic heterocycles. The van der Waals surface area contributed by atoms with E-state index >= 15 is 0 Å². The largest absolute Gasteiger partial charge is 0.0822 e. The maximum Gasteiger partial charge on any atom is -0.0180 e. The average molecular weight is 136 g/mol. The highest BCUT2D eigenvalue weighted by molar-refractivity contribution is 5.14. The van der Waals surface area contributed by atoms with Crippen LogP contribution in [-0.4, -0.2) is 0 Å². The first-order chi connectivity index (χ1) is 4.77. The zero-order valence-corrected chi connectivity index (χ0v) is 6.93. The van der Waals surface area contributed by atoms with Crippen molar-refractivity contribution in [2.75, 3.05) is 0 Å². The maximum atomic E-state index is 2.51. The van der Waals surface area contributed by atoms with E-state index in [-0.39, 0.29) is 0 Å². The minimum Gasteiger partial charge on any atom is -0.0822 e. The van der Waals surface area contributed by atoms with Crippen molar-refractivity contribution in [2.45, 2.75) is 33.1 Å². The summed E-state index contributed by atoms with van der Waals surface area (Å²) in [6.07, 6.45) is 6.90. The molecule has 2 bridgehead atoms. The van der Waals surface area contributed by atoms with Crippen LogP contribution in [0, 0.1) is 17.8 Å². The van der Waals surface area contributed by atoms with Crippen LogP contribution in [-0.2, 0) is 0 Å². The zero-order valence-electron chi connectivity index (χ0n) is 6.93. The Bertz CT molecular complexity index is 167. The van der Waals surface area contributed by atoms with Crippen LogP contribution in [0.4, 0.5) is 0 Å². The lowest BCUT2D eigenvalue weighted by Crippen LogP contribution is -2.27. The third kappa shape index (κ3) is 0.817. The van der Waals surface area contributed by atoms with Gasteiger partial charge in [-0.2, -0.15) is 0 Å². The molecule has 3 atom stereocenters. The molecule has 3 unspecified atom stereocenters. The second kappa shape index (κ2) is 2.11. The number of fused-ring (bicyclic) bond motifs is 2. The summed E-state index contributed by atoms with van der Waals surface area (Å²) in [7, 11) is 0. The molecule has 0 aromatic carbocycles. The lowest BCUT2D eigenvalue weighted by molar-refractivity contribution is 0.224. The van der Waals surface area contributed by atoms with Crippen molar-refractivity contribution in [1.29, 1.82) is 0 Å². The Kier molecular flexibility index (Phi) is 1.36. The van der Waals surface area contributed by atoms with Crippen LogP contribution >= 0.6 is 0 Å². The highest BCUT2D eigenvalue weighted by atomic mass is 14.4. The van der Waals surface area contributed by atoms with Gasteiger partial charge in [0.05, 0.1) is 0 Å². The van der Waals surface area contributed by atoms with Crippen LogP contribution in [0.5, 0.6) is 0 Å². The van der Waals surface area contributed by atoms with Crippen molar-refractivity contribution in [2.24, 2.45) is 17.8 Å². The van der Waals surface area contributed by atoms with Crippen LogP contribution in [0.3, 0.4) is 0 Å². The minimum atomic E-state index is 0.944. The normalized spacial score (nSPS) is 45.4. The SMILES string of the molecule is CC1=CC2CCC1C(C)C2. The molecule has 0 aliphatic heterocycles. The van der Waals surface area contributed by atoms with Crippen LogP contribution in [0.25, 0.3) is 0 Å². The molecule has 1 fully saturated rings. The summed E-state index contributed by atoms with van der Waals surface area (Å²) in [6, 6.07) is 0. The monoisotopic (exact) mass is 136 g/mol. The molecule has 3 aliphatic rings. The van der Waals surface area contributed by atoms with Crippen LogP contribution in [0.15, 0.2) is 11.6 Å². The molecule has 0 aromatic rings. The van der Waals surface area contributed by atoms with E-state index in [2.05, 4.69) is 19.9 Å². The van der Waals surface area contributed by atoms with E-state index in [1.165, 1.54) is 19.3 Å². The minimum absolute atomic E-state index is 0.944. The summed E-state index contributed by atoms with van der Waals surface area (Å²) in [5.41, 5.74) is 1.68. The van der Waals surface area contributed by atoms with E-state index in [4.69, 9.17) is 0 Å². The number of hydrogen-bond acceptors (Lipinski definition) is 0. The van der Waals surface area contributed by atoms with Gasteiger partial charge in [-0.05, 0) is 43.9 Å². The smallest absolute Gasteiger partial charge is 0.0180 e. The topological polar surface area (TPSA) is 0 Å². The molecule has 0 heteroatoms. The van der Waals surface area contributed by atoms with Crippen LogP contribution < -0.4 is 0 Å². The zero-order chi connectivity index (χ0) is 7.14. The molecule has 0 N–H and O–H groups in total. The number of hydrogen-bond donors (Lipinski definition) is 0. The van der Waals surface area contributed by atoms with Crippen molar-refractivity contribution in [3.63, 3.8) is 0 Å². The Morgan fingerprint density at radius 2 is 2.20 bits per heavy atom. The summed E-state index contributed by atoms with van der Waals surface area (Å²) in [6.45, 7) is 4.72. The number of allylic oxidation sites excluding steroid dienone is 2. The molecule has 0 heterocycles. The van der Waals surface area contributed by atoms with Crippen molar-refractivity contribution in [1.82, 2.24) is 0 Å². The Morgan fingerprint density at radius 1 is 1.40 bits per heavy atom. The molecule has 0 amide bonds. The fourth-order valence-electron chi connectivity index (χ4n) is 2.76. The van der Waals surface area contributed by atoms with Gasteiger partial charge < -0.3 is 0 Å². The first-order valence-electron chi connectivity index (χ1n) is 4.45. The highest BCUT2D eigenvalue weighted by Gasteiger charge is 2.31. The first-order valence-corrected chi connectivity index (χ1v) is 4.45. The van der Waals surface area contributed by atoms with Gasteiger partial charge in [0.2, 0.25) is 0 Å². The second-order valence-electron chi connectivity index (χ2n) is 4.07. The van der Waals surface area contributed by atoms with Crippen molar-refractivity contribution in [3.8, 4) is 0 Å². The van der Waals surface area contributed by atoms with Gasteiger partial charge in [0, 0.05) is 0 Å². The van der Waals surface area contributed by atoms with Gasteiger partial charge in [0.15, 0.2) is 0 Å². The molecule has 0 spiro atoms. The Labute approximate surface area is 63.3 Å². The Morgan fingerprint density at radius 3 is 2.60 bits per heavy atom. The predicted octanol–water partition coefficient (Wildman–Crippen LogP) is 3.00. The Balaban J connectivity index is 2.27. The summed E-state index contributed by atoms with van der Waals surface area (Å²) < 4.78 is 0. The van der Waals surface area contributed by atoms with Gasteiger partial charge in [-0.15, -0.1) is 0 Å². The van der Waals surface area contributed by atoms with E-state index in [1.807, 2.05) is 0 Å². The first kappa shape index (κ1) is 6.45. The molecule has 56 valence electrons. The predicted molar refractivity (Wildman–Crippen MR) is 43.8 cm³/mol. The van der Waals surface area contributed by atoms with Crippen molar-refractivity contribution < 1.29 is 0 Å². The van der Waals surface area contributed by atoms with E-state index in [9.17, 15) is 0 Å². The average Bonchev–Trinajstić information content (AvgIpc) is 1.86. The highest BCUT2D eigenvalue weighted by Crippen LogP contribution is 2.43. The maximum absolute atomic E-state index is 2.51. The van der Waals surface area contributed by atoms with Gasteiger partial charge in [-0.3, -0.25) is 0 Å². The lowest BCUT2D eigenvalue weighted by Gasteiger charge is -2.39. The quantitative estimate of drug-likeness (QED) is 0.449. The summed E-state index contributed by atoms with van der Waals surface area (Å²) in [4.78, 5) is 0. The molecule has 1 saturated carbocycles. The van der Waals surface area contributed by atoms with Gasteiger partial charge in [-0.1, -0.05) is 18.6 Å². The molecule has 3 aliphatic carbocycles. The third-order valence-electron chi connectivity index (χ3n) is 3.29. The van der Waals surface area contributed by atoms with Gasteiger partial charge in [0.25, 0.3) is 0 Å². The van der Waals surface area contributed by atoms with E-state index in [0.29, 0.717) is 0 Å². The number of rotatable bonds is 0. The molecule has 0 radical (unpaired) electrons. The van der Waals surface area contributed by atoms with Gasteiger partial charge in [0.1, 0.15) is 0 Å². The third-order valence-corrected chi connectivity index (χ3v) is 3.29. The van der Waals surface area contributed by atoms with Crippen molar-refractivity contribution in [3.05, 3.63) is 11.6 Å². The van der Waals surface area contributed by atoms with E-state index < -0.39 is 0 Å².